The van der Waals surface area contributed by atoms with Gasteiger partial charge in [-0.2, -0.15) is 4.98 Å². The number of aromatic nitrogens is 3. The minimum atomic E-state index is -0.289. The van der Waals surface area contributed by atoms with Crippen molar-refractivity contribution < 1.29 is 0 Å². The van der Waals surface area contributed by atoms with Crippen molar-refractivity contribution >= 4 is 23.5 Å². The third-order valence-corrected chi connectivity index (χ3v) is 3.90. The predicted octanol–water partition coefficient (Wildman–Crippen LogP) is 3.20. The second kappa shape index (κ2) is 6.58. The molecule has 22 heavy (non-hydrogen) atoms. The minimum Gasteiger partial charge on any atom is -0.251 e. The van der Waals surface area contributed by atoms with Gasteiger partial charge in [-0.15, -0.1) is 0 Å². The van der Waals surface area contributed by atoms with E-state index in [1.165, 1.54) is 16.2 Å². The summed E-state index contributed by atoms with van der Waals surface area (Å²) in [5.41, 5.74) is 2.49. The van der Waals surface area contributed by atoms with E-state index in [1.54, 1.807) is 6.20 Å². The van der Waals surface area contributed by atoms with Crippen LogP contribution in [-0.2, 0) is 0 Å². The Bertz CT molecular complexity index is 872. The largest absolute Gasteiger partial charge is 0.355 e. The highest BCUT2D eigenvalue weighted by molar-refractivity contribution is 7.99. The summed E-state index contributed by atoms with van der Waals surface area (Å²) in [6.07, 6.45) is 5.84. The smallest absolute Gasteiger partial charge is 0.251 e. The lowest BCUT2D eigenvalue weighted by Gasteiger charge is -2.02. The molecule has 0 amide bonds. The molecule has 3 rings (SSSR count). The fourth-order valence-electron chi connectivity index (χ4n) is 2.04. The van der Waals surface area contributed by atoms with Crippen molar-refractivity contribution in [1.29, 1.82) is 0 Å². The number of fused-ring (bicyclic) bond motifs is 1. The molecule has 0 saturated carbocycles. The number of nitrogens with zero attached hydrogens (tertiary/aromatic N) is 3. The van der Waals surface area contributed by atoms with Gasteiger partial charge in [0.2, 0.25) is 0 Å². The second-order valence-electron chi connectivity index (χ2n) is 4.85. The molecule has 0 atom stereocenters. The van der Waals surface area contributed by atoms with E-state index in [1.807, 2.05) is 61.5 Å². The topological polar surface area (TPSA) is 47.3 Å². The molecule has 0 aliphatic carbocycles. The van der Waals surface area contributed by atoms with E-state index in [2.05, 4.69) is 9.97 Å². The van der Waals surface area contributed by atoms with Crippen LogP contribution in [0.1, 0.15) is 11.1 Å². The number of rotatable bonds is 4. The van der Waals surface area contributed by atoms with Crippen LogP contribution in [-0.4, -0.2) is 20.1 Å². The van der Waals surface area contributed by atoms with Gasteiger partial charge in [-0.3, -0.25) is 4.40 Å². The Morgan fingerprint density at radius 2 is 1.95 bits per heavy atom. The van der Waals surface area contributed by atoms with Gasteiger partial charge in [0, 0.05) is 11.9 Å². The summed E-state index contributed by atoms with van der Waals surface area (Å²) in [5.74, 6) is 0.719. The SMILES string of the molecule is Cc1ccc2nc(SC/C=C/c3ccccc3)nc(=O)n2c1. The van der Waals surface area contributed by atoms with Crippen LogP contribution < -0.4 is 5.69 Å². The van der Waals surface area contributed by atoms with Crippen LogP contribution in [0.5, 0.6) is 0 Å². The van der Waals surface area contributed by atoms with E-state index in [4.69, 9.17) is 0 Å². The fourth-order valence-corrected chi connectivity index (χ4v) is 2.68. The first-order chi connectivity index (χ1) is 10.7. The van der Waals surface area contributed by atoms with E-state index in [9.17, 15) is 4.79 Å². The molecular weight excluding hydrogens is 294 g/mol. The molecule has 0 aliphatic rings. The first kappa shape index (κ1) is 14.5. The van der Waals surface area contributed by atoms with Crippen LogP contribution in [0.3, 0.4) is 0 Å². The molecule has 4 nitrogen and oxygen atoms in total. The van der Waals surface area contributed by atoms with Crippen LogP contribution in [0.15, 0.2) is 64.7 Å². The molecule has 0 aliphatic heterocycles. The van der Waals surface area contributed by atoms with E-state index >= 15 is 0 Å². The molecule has 0 N–H and O–H groups in total. The normalized spacial score (nSPS) is 11.3. The van der Waals surface area contributed by atoms with Gasteiger partial charge < -0.3 is 0 Å². The summed E-state index contributed by atoms with van der Waals surface area (Å²) in [5, 5.41) is 0.506. The van der Waals surface area contributed by atoms with Gasteiger partial charge in [-0.05, 0) is 24.1 Å². The molecule has 110 valence electrons. The molecule has 0 saturated heterocycles. The fraction of sp³-hybridized carbons (Fsp3) is 0.118. The Hall–Kier alpha value is -2.40. The van der Waals surface area contributed by atoms with Crippen LogP contribution in [0.4, 0.5) is 0 Å². The Morgan fingerprint density at radius 3 is 2.77 bits per heavy atom. The van der Waals surface area contributed by atoms with Crippen LogP contribution >= 0.6 is 11.8 Å². The Balaban J connectivity index is 1.73. The highest BCUT2D eigenvalue weighted by Crippen LogP contribution is 2.13. The lowest BCUT2D eigenvalue weighted by atomic mass is 10.2. The maximum absolute atomic E-state index is 12.0. The average molecular weight is 309 g/mol. The van der Waals surface area contributed by atoms with Crippen molar-refractivity contribution in [2.75, 3.05) is 5.75 Å². The summed E-state index contributed by atoms with van der Waals surface area (Å²) in [4.78, 5) is 20.4. The van der Waals surface area contributed by atoms with Crippen molar-refractivity contribution in [3.8, 4) is 0 Å². The zero-order chi connectivity index (χ0) is 15.4. The summed E-state index contributed by atoms with van der Waals surface area (Å²) < 4.78 is 1.47. The van der Waals surface area contributed by atoms with Gasteiger partial charge in [-0.1, -0.05) is 60.3 Å². The molecule has 2 aromatic heterocycles. The van der Waals surface area contributed by atoms with Gasteiger partial charge in [0.1, 0.15) is 5.65 Å². The lowest BCUT2D eigenvalue weighted by molar-refractivity contribution is 0.844. The number of benzene rings is 1. The van der Waals surface area contributed by atoms with Gasteiger partial charge in [-0.25, -0.2) is 9.78 Å². The van der Waals surface area contributed by atoms with E-state index < -0.39 is 0 Å². The Kier molecular flexibility index (Phi) is 4.34. The monoisotopic (exact) mass is 309 g/mol. The molecule has 5 heteroatoms. The molecular formula is C17H15N3OS. The zero-order valence-corrected chi connectivity index (χ0v) is 13.0. The summed E-state index contributed by atoms with van der Waals surface area (Å²) in [7, 11) is 0. The molecule has 0 radical (unpaired) electrons. The number of hydrogen-bond donors (Lipinski definition) is 0. The molecule has 0 fully saturated rings. The van der Waals surface area contributed by atoms with E-state index in [0.717, 1.165) is 16.9 Å². The molecule has 1 aromatic carbocycles. The number of pyridine rings is 1. The van der Waals surface area contributed by atoms with E-state index in [0.29, 0.717) is 10.8 Å². The van der Waals surface area contributed by atoms with Crippen molar-refractivity contribution in [3.63, 3.8) is 0 Å². The minimum absolute atomic E-state index is 0.289. The van der Waals surface area contributed by atoms with Crippen molar-refractivity contribution in [2.24, 2.45) is 0 Å². The van der Waals surface area contributed by atoms with Gasteiger partial charge in [0.25, 0.3) is 0 Å². The first-order valence-electron chi connectivity index (χ1n) is 6.94. The van der Waals surface area contributed by atoms with Crippen LogP contribution in [0.2, 0.25) is 0 Å². The summed E-state index contributed by atoms with van der Waals surface area (Å²) >= 11 is 1.45. The highest BCUT2D eigenvalue weighted by Gasteiger charge is 2.03. The molecule has 0 spiro atoms. The second-order valence-corrected chi connectivity index (χ2v) is 5.83. The number of thioether (sulfide) groups is 1. The van der Waals surface area contributed by atoms with Crippen molar-refractivity contribution in [2.45, 2.75) is 12.1 Å². The van der Waals surface area contributed by atoms with Crippen LogP contribution in [0.25, 0.3) is 11.7 Å². The molecule has 2 heterocycles. The lowest BCUT2D eigenvalue weighted by Crippen LogP contribution is -2.19. The van der Waals surface area contributed by atoms with Gasteiger partial charge in [0.15, 0.2) is 5.16 Å². The third kappa shape index (κ3) is 3.43. The third-order valence-electron chi connectivity index (χ3n) is 3.10. The highest BCUT2D eigenvalue weighted by atomic mass is 32.2. The van der Waals surface area contributed by atoms with Gasteiger partial charge in [0.05, 0.1) is 0 Å². The Morgan fingerprint density at radius 1 is 1.14 bits per heavy atom. The Labute approximate surface area is 132 Å². The molecule has 0 bridgehead atoms. The van der Waals surface area contributed by atoms with Crippen molar-refractivity contribution in [1.82, 2.24) is 14.4 Å². The van der Waals surface area contributed by atoms with E-state index in [-0.39, 0.29) is 5.69 Å². The molecule has 0 unspecified atom stereocenters. The van der Waals surface area contributed by atoms with Gasteiger partial charge >= 0.3 is 5.69 Å². The predicted molar refractivity (Wildman–Crippen MR) is 90.2 cm³/mol. The average Bonchev–Trinajstić information content (AvgIpc) is 2.53. The first-order valence-corrected chi connectivity index (χ1v) is 7.92. The maximum Gasteiger partial charge on any atom is 0.355 e. The van der Waals surface area contributed by atoms with Crippen molar-refractivity contribution in [3.05, 3.63) is 76.3 Å². The summed E-state index contributed by atoms with van der Waals surface area (Å²) in [6, 6.07) is 13.9. The number of hydrogen-bond acceptors (Lipinski definition) is 4. The summed E-state index contributed by atoms with van der Waals surface area (Å²) in [6.45, 7) is 1.93. The zero-order valence-electron chi connectivity index (χ0n) is 12.1. The molecule has 3 aromatic rings. The quantitative estimate of drug-likeness (QED) is 0.694. The standard InChI is InChI=1S/C17H15N3OS/c1-13-9-10-15-18-16(19-17(21)20(15)12-13)22-11-5-8-14-6-3-2-4-7-14/h2-10,12H,11H2,1H3/b8-5+. The number of aryl methyl sites for hydroxylation is 1. The maximum atomic E-state index is 12.0. The van der Waals surface area contributed by atoms with Crippen LogP contribution in [0, 0.1) is 6.92 Å².